The maximum absolute atomic E-state index is 13.7. The molecule has 1 saturated heterocycles. The molecule has 0 saturated carbocycles. The van der Waals surface area contributed by atoms with Crippen LogP contribution >= 0.6 is 0 Å². The highest BCUT2D eigenvalue weighted by Crippen LogP contribution is 2.24. The second-order valence-electron chi connectivity index (χ2n) is 7.76. The van der Waals surface area contributed by atoms with Gasteiger partial charge in [0.05, 0.1) is 29.6 Å². The first-order chi connectivity index (χ1) is 15.1. The predicted molar refractivity (Wildman–Crippen MR) is 115 cm³/mol. The Kier molecular flexibility index (Phi) is 5.21. The third-order valence-electron chi connectivity index (χ3n) is 5.74. The van der Waals surface area contributed by atoms with E-state index in [1.54, 1.807) is 18.2 Å². The number of imidazole rings is 1. The van der Waals surface area contributed by atoms with Gasteiger partial charge in [-0.25, -0.2) is 15.0 Å². The van der Waals surface area contributed by atoms with Gasteiger partial charge in [-0.1, -0.05) is 24.3 Å². The number of hydrogen-bond donors (Lipinski definition) is 1. The van der Waals surface area contributed by atoms with Gasteiger partial charge in [-0.15, -0.1) is 0 Å². The SMILES string of the molecule is Nc1nc(CN2CCN(Cc3nc4ccccc4n3C(F)F)CC2)nc2ccccc12. The van der Waals surface area contributed by atoms with Crippen LogP contribution in [-0.2, 0) is 13.1 Å². The van der Waals surface area contributed by atoms with E-state index in [2.05, 4.69) is 24.8 Å². The molecular weight excluding hydrogens is 400 g/mol. The lowest BCUT2D eigenvalue weighted by atomic mass is 10.2. The number of benzene rings is 2. The number of para-hydroxylation sites is 3. The summed E-state index contributed by atoms with van der Waals surface area (Å²) in [5.41, 5.74) is 8.00. The molecule has 0 atom stereocenters. The Morgan fingerprint density at radius 3 is 2.19 bits per heavy atom. The van der Waals surface area contributed by atoms with Crippen LogP contribution in [-0.4, -0.2) is 55.5 Å². The molecule has 0 spiro atoms. The van der Waals surface area contributed by atoms with E-state index in [1.807, 2.05) is 30.3 Å². The molecule has 9 heteroatoms. The van der Waals surface area contributed by atoms with Crippen LogP contribution in [0, 0.1) is 0 Å². The van der Waals surface area contributed by atoms with E-state index in [0.29, 0.717) is 41.6 Å². The minimum atomic E-state index is -2.61. The number of aromatic nitrogens is 4. The van der Waals surface area contributed by atoms with Crippen molar-refractivity contribution in [3.8, 4) is 0 Å². The van der Waals surface area contributed by atoms with Crippen molar-refractivity contribution in [3.63, 3.8) is 0 Å². The zero-order valence-electron chi connectivity index (χ0n) is 17.0. The van der Waals surface area contributed by atoms with Crippen LogP contribution in [0.15, 0.2) is 48.5 Å². The van der Waals surface area contributed by atoms with Crippen LogP contribution in [0.2, 0.25) is 0 Å². The molecular formula is C22H23F2N7. The number of rotatable bonds is 5. The summed E-state index contributed by atoms with van der Waals surface area (Å²) in [5.74, 6) is 1.59. The predicted octanol–water partition coefficient (Wildman–Crippen LogP) is 3.27. The first-order valence-electron chi connectivity index (χ1n) is 10.3. The Morgan fingerprint density at radius 2 is 1.45 bits per heavy atom. The van der Waals surface area contributed by atoms with Crippen molar-refractivity contribution in [2.45, 2.75) is 19.6 Å². The van der Waals surface area contributed by atoms with E-state index >= 15 is 0 Å². The van der Waals surface area contributed by atoms with Gasteiger partial charge >= 0.3 is 6.55 Å². The third-order valence-corrected chi connectivity index (χ3v) is 5.74. The number of alkyl halides is 2. The van der Waals surface area contributed by atoms with E-state index in [1.165, 1.54) is 0 Å². The van der Waals surface area contributed by atoms with E-state index in [0.717, 1.165) is 41.6 Å². The monoisotopic (exact) mass is 423 g/mol. The van der Waals surface area contributed by atoms with Crippen molar-refractivity contribution in [1.29, 1.82) is 0 Å². The second kappa shape index (κ2) is 8.16. The molecule has 0 bridgehead atoms. The average Bonchev–Trinajstić information content (AvgIpc) is 3.13. The Morgan fingerprint density at radius 1 is 0.806 bits per heavy atom. The molecule has 1 aliphatic rings. The lowest BCUT2D eigenvalue weighted by Gasteiger charge is -2.34. The van der Waals surface area contributed by atoms with Gasteiger partial charge in [0, 0.05) is 31.6 Å². The summed E-state index contributed by atoms with van der Waals surface area (Å²) in [5, 5.41) is 0.859. The fourth-order valence-electron chi connectivity index (χ4n) is 4.15. The van der Waals surface area contributed by atoms with Crippen molar-refractivity contribution in [2.75, 3.05) is 31.9 Å². The minimum Gasteiger partial charge on any atom is -0.383 e. The van der Waals surface area contributed by atoms with Gasteiger partial charge in [0.1, 0.15) is 17.5 Å². The molecule has 2 N–H and O–H groups in total. The van der Waals surface area contributed by atoms with Gasteiger partial charge in [-0.05, 0) is 24.3 Å². The first-order valence-corrected chi connectivity index (χ1v) is 10.3. The van der Waals surface area contributed by atoms with Gasteiger partial charge in [-0.3, -0.25) is 14.4 Å². The molecule has 160 valence electrons. The van der Waals surface area contributed by atoms with Crippen molar-refractivity contribution in [3.05, 3.63) is 60.2 Å². The normalized spacial score (nSPS) is 16.0. The van der Waals surface area contributed by atoms with Crippen LogP contribution in [0.4, 0.5) is 14.6 Å². The smallest absolute Gasteiger partial charge is 0.320 e. The van der Waals surface area contributed by atoms with Crippen LogP contribution in [0.25, 0.3) is 21.9 Å². The number of hydrogen-bond acceptors (Lipinski definition) is 6. The molecule has 5 rings (SSSR count). The first kappa shape index (κ1) is 19.8. The molecule has 7 nitrogen and oxygen atoms in total. The molecule has 4 aromatic rings. The topological polar surface area (TPSA) is 76.1 Å². The maximum Gasteiger partial charge on any atom is 0.320 e. The number of nitrogens with zero attached hydrogens (tertiary/aromatic N) is 6. The molecule has 2 aromatic carbocycles. The number of halogens is 2. The fourth-order valence-corrected chi connectivity index (χ4v) is 4.15. The van der Waals surface area contributed by atoms with Crippen molar-refractivity contribution in [1.82, 2.24) is 29.3 Å². The molecule has 0 amide bonds. The molecule has 0 unspecified atom stereocenters. The summed E-state index contributed by atoms with van der Waals surface area (Å²) < 4.78 is 28.4. The molecule has 3 heterocycles. The third kappa shape index (κ3) is 3.94. The molecule has 2 aromatic heterocycles. The van der Waals surface area contributed by atoms with Crippen molar-refractivity contribution < 1.29 is 8.78 Å². The minimum absolute atomic E-state index is 0.395. The quantitative estimate of drug-likeness (QED) is 0.531. The maximum atomic E-state index is 13.7. The summed E-state index contributed by atoms with van der Waals surface area (Å²) in [7, 11) is 0. The van der Waals surface area contributed by atoms with E-state index < -0.39 is 6.55 Å². The number of piperazine rings is 1. The zero-order chi connectivity index (χ0) is 21.4. The Balaban J connectivity index is 1.25. The van der Waals surface area contributed by atoms with Crippen molar-refractivity contribution in [2.24, 2.45) is 0 Å². The van der Waals surface area contributed by atoms with E-state index in [-0.39, 0.29) is 0 Å². The molecule has 0 aliphatic carbocycles. The molecule has 0 radical (unpaired) electrons. The number of nitrogens with two attached hydrogens (primary N) is 1. The molecule has 1 fully saturated rings. The highest BCUT2D eigenvalue weighted by Gasteiger charge is 2.23. The van der Waals surface area contributed by atoms with E-state index in [9.17, 15) is 8.78 Å². The lowest BCUT2D eigenvalue weighted by molar-refractivity contribution is 0.0643. The number of nitrogen functional groups attached to an aromatic ring is 1. The van der Waals surface area contributed by atoms with Gasteiger partial charge in [-0.2, -0.15) is 8.78 Å². The Hall–Kier alpha value is -3.17. The highest BCUT2D eigenvalue weighted by molar-refractivity contribution is 5.87. The summed E-state index contributed by atoms with van der Waals surface area (Å²) >= 11 is 0. The average molecular weight is 423 g/mol. The second-order valence-corrected chi connectivity index (χ2v) is 7.76. The van der Waals surface area contributed by atoms with Gasteiger partial charge in [0.2, 0.25) is 0 Å². The van der Waals surface area contributed by atoms with Crippen LogP contribution in [0.3, 0.4) is 0 Å². The summed E-state index contributed by atoms with van der Waals surface area (Å²) in [6, 6.07) is 14.7. The molecule has 31 heavy (non-hydrogen) atoms. The largest absolute Gasteiger partial charge is 0.383 e. The van der Waals surface area contributed by atoms with Crippen LogP contribution < -0.4 is 5.73 Å². The van der Waals surface area contributed by atoms with Gasteiger partial charge < -0.3 is 5.73 Å². The fraction of sp³-hybridized carbons (Fsp3) is 0.318. The lowest BCUT2D eigenvalue weighted by Crippen LogP contribution is -2.45. The number of fused-ring (bicyclic) bond motifs is 2. The van der Waals surface area contributed by atoms with Gasteiger partial charge in [0.25, 0.3) is 0 Å². The van der Waals surface area contributed by atoms with Crippen LogP contribution in [0.1, 0.15) is 18.2 Å². The standard InChI is InChI=1S/C22H23F2N7/c23-22(24)31-18-8-4-3-7-17(18)27-20(31)14-30-11-9-29(10-12-30)13-19-26-16-6-2-1-5-15(16)21(25)28-19/h1-8,22H,9-14H2,(H2,25,26,28). The summed E-state index contributed by atoms with van der Waals surface area (Å²) in [4.78, 5) is 17.9. The Labute approximate surface area is 178 Å². The zero-order valence-corrected chi connectivity index (χ0v) is 17.0. The summed E-state index contributed by atoms with van der Waals surface area (Å²) in [6.45, 7) is 1.50. The van der Waals surface area contributed by atoms with Gasteiger partial charge in [0.15, 0.2) is 0 Å². The summed E-state index contributed by atoms with van der Waals surface area (Å²) in [6.07, 6.45) is 0. The van der Waals surface area contributed by atoms with E-state index in [4.69, 9.17) is 5.73 Å². The highest BCUT2D eigenvalue weighted by atomic mass is 19.3. The van der Waals surface area contributed by atoms with Crippen molar-refractivity contribution >= 4 is 27.8 Å². The number of anilines is 1. The van der Waals surface area contributed by atoms with Crippen LogP contribution in [0.5, 0.6) is 0 Å². The molecule has 1 aliphatic heterocycles. The Bertz CT molecular complexity index is 1220.